The van der Waals surface area contributed by atoms with Crippen molar-refractivity contribution in [1.29, 1.82) is 0 Å². The van der Waals surface area contributed by atoms with Gasteiger partial charge in [0.1, 0.15) is 0 Å². The number of carbonyl (C=O) groups excluding carboxylic acids is 1. The minimum absolute atomic E-state index is 0.129. The SMILES string of the molecule is O=C(/C=C/c1ccc(Cl)s1)N1CCN(S(=O)(=O)c2ccc(Br)cc2)CC1. The van der Waals surface area contributed by atoms with Crippen LogP contribution in [0.25, 0.3) is 6.08 Å². The minimum Gasteiger partial charge on any atom is -0.337 e. The van der Waals surface area contributed by atoms with Crippen molar-refractivity contribution < 1.29 is 13.2 Å². The maximum absolute atomic E-state index is 12.7. The summed E-state index contributed by atoms with van der Waals surface area (Å²) in [6.45, 7) is 1.29. The molecule has 0 bridgehead atoms. The Morgan fingerprint density at radius 2 is 1.73 bits per heavy atom. The Balaban J connectivity index is 1.60. The molecule has 3 rings (SSSR count). The van der Waals surface area contributed by atoms with Gasteiger partial charge in [-0.25, -0.2) is 8.42 Å². The number of hydrogen-bond acceptors (Lipinski definition) is 4. The van der Waals surface area contributed by atoms with Gasteiger partial charge in [0.05, 0.1) is 9.23 Å². The molecular formula is C17H16BrClN2O3S2. The van der Waals surface area contributed by atoms with E-state index in [2.05, 4.69) is 15.9 Å². The molecule has 1 aromatic heterocycles. The summed E-state index contributed by atoms with van der Waals surface area (Å²) in [6, 6.07) is 10.2. The van der Waals surface area contributed by atoms with Crippen LogP contribution in [0.3, 0.4) is 0 Å². The zero-order valence-corrected chi connectivity index (χ0v) is 17.6. The van der Waals surface area contributed by atoms with Crippen LogP contribution in [0.2, 0.25) is 4.34 Å². The summed E-state index contributed by atoms with van der Waals surface area (Å²) in [5.41, 5.74) is 0. The van der Waals surface area contributed by atoms with E-state index >= 15 is 0 Å². The van der Waals surface area contributed by atoms with Crippen molar-refractivity contribution >= 4 is 60.9 Å². The quantitative estimate of drug-likeness (QED) is 0.634. The van der Waals surface area contributed by atoms with E-state index < -0.39 is 10.0 Å². The Bertz CT molecular complexity index is 918. The largest absolute Gasteiger partial charge is 0.337 e. The van der Waals surface area contributed by atoms with Crippen molar-refractivity contribution in [1.82, 2.24) is 9.21 Å². The molecule has 2 aromatic rings. The molecule has 1 saturated heterocycles. The predicted octanol–water partition coefficient (Wildman–Crippen LogP) is 3.71. The highest BCUT2D eigenvalue weighted by Crippen LogP contribution is 2.23. The van der Waals surface area contributed by atoms with Crippen LogP contribution >= 0.6 is 38.9 Å². The van der Waals surface area contributed by atoms with Crippen molar-refractivity contribution in [3.05, 3.63) is 56.2 Å². The maximum Gasteiger partial charge on any atom is 0.246 e. The zero-order chi connectivity index (χ0) is 18.7. The third kappa shape index (κ3) is 4.55. The summed E-state index contributed by atoms with van der Waals surface area (Å²) in [4.78, 5) is 15.1. The Morgan fingerprint density at radius 3 is 2.31 bits per heavy atom. The van der Waals surface area contributed by atoms with E-state index in [4.69, 9.17) is 11.6 Å². The number of sulfonamides is 1. The first-order valence-corrected chi connectivity index (χ1v) is 11.3. The van der Waals surface area contributed by atoms with Crippen LogP contribution in [0.1, 0.15) is 4.88 Å². The van der Waals surface area contributed by atoms with E-state index in [9.17, 15) is 13.2 Å². The van der Waals surface area contributed by atoms with Gasteiger partial charge in [-0.05, 0) is 42.5 Å². The van der Waals surface area contributed by atoms with Crippen molar-refractivity contribution in [3.8, 4) is 0 Å². The summed E-state index contributed by atoms with van der Waals surface area (Å²) in [6.07, 6.45) is 3.23. The first kappa shape index (κ1) is 19.6. The molecule has 0 spiro atoms. The Morgan fingerprint density at radius 1 is 1.08 bits per heavy atom. The van der Waals surface area contributed by atoms with Gasteiger partial charge in [0.2, 0.25) is 15.9 Å². The fourth-order valence-corrected chi connectivity index (χ4v) is 5.23. The number of halogens is 2. The fraction of sp³-hybridized carbons (Fsp3) is 0.235. The van der Waals surface area contributed by atoms with Crippen LogP contribution in [0, 0.1) is 0 Å². The molecule has 0 aliphatic carbocycles. The first-order chi connectivity index (χ1) is 12.4. The third-order valence-electron chi connectivity index (χ3n) is 3.99. The van der Waals surface area contributed by atoms with E-state index in [1.807, 2.05) is 6.07 Å². The molecule has 1 fully saturated rings. The van der Waals surface area contributed by atoms with E-state index in [0.717, 1.165) is 9.35 Å². The van der Waals surface area contributed by atoms with E-state index in [1.165, 1.54) is 21.7 Å². The van der Waals surface area contributed by atoms with Gasteiger partial charge in [0, 0.05) is 41.6 Å². The second-order valence-corrected chi connectivity index (χ2v) is 10.3. The number of thiophene rings is 1. The van der Waals surface area contributed by atoms with Gasteiger partial charge in [-0.3, -0.25) is 4.79 Å². The molecule has 5 nitrogen and oxygen atoms in total. The summed E-state index contributed by atoms with van der Waals surface area (Å²) < 4.78 is 28.3. The molecule has 26 heavy (non-hydrogen) atoms. The highest BCUT2D eigenvalue weighted by molar-refractivity contribution is 9.10. The zero-order valence-electron chi connectivity index (χ0n) is 13.6. The molecule has 9 heteroatoms. The monoisotopic (exact) mass is 474 g/mol. The second kappa shape index (κ2) is 8.22. The average molecular weight is 476 g/mol. The van der Waals surface area contributed by atoms with Gasteiger partial charge in [-0.1, -0.05) is 27.5 Å². The summed E-state index contributed by atoms with van der Waals surface area (Å²) >= 11 is 10.6. The van der Waals surface area contributed by atoms with Gasteiger partial charge < -0.3 is 4.90 Å². The molecule has 0 saturated carbocycles. The van der Waals surface area contributed by atoms with Crippen LogP contribution in [-0.2, 0) is 14.8 Å². The average Bonchev–Trinajstić information content (AvgIpc) is 3.05. The molecule has 1 aromatic carbocycles. The van der Waals surface area contributed by atoms with Crippen LogP contribution in [0.15, 0.2) is 51.8 Å². The number of carbonyl (C=O) groups is 1. The molecule has 0 unspecified atom stereocenters. The van der Waals surface area contributed by atoms with Crippen LogP contribution in [0.5, 0.6) is 0 Å². The lowest BCUT2D eigenvalue weighted by Gasteiger charge is -2.33. The smallest absolute Gasteiger partial charge is 0.246 e. The normalized spacial score (nSPS) is 16.3. The van der Waals surface area contributed by atoms with Gasteiger partial charge in [0.15, 0.2) is 0 Å². The lowest BCUT2D eigenvalue weighted by molar-refractivity contribution is -0.127. The van der Waals surface area contributed by atoms with Crippen molar-refractivity contribution in [2.24, 2.45) is 0 Å². The van der Waals surface area contributed by atoms with Gasteiger partial charge in [0.25, 0.3) is 0 Å². The molecule has 0 radical (unpaired) electrons. The van der Waals surface area contributed by atoms with Gasteiger partial charge >= 0.3 is 0 Å². The third-order valence-corrected chi connectivity index (χ3v) is 7.62. The molecule has 1 aliphatic heterocycles. The Hall–Kier alpha value is -1.19. The summed E-state index contributed by atoms with van der Waals surface area (Å²) in [5.74, 6) is -0.129. The van der Waals surface area contributed by atoms with Crippen molar-refractivity contribution in [2.45, 2.75) is 4.90 Å². The highest BCUT2D eigenvalue weighted by Gasteiger charge is 2.29. The number of nitrogens with zero attached hydrogens (tertiary/aromatic N) is 2. The number of hydrogen-bond donors (Lipinski definition) is 0. The standard InChI is InChI=1S/C17H16BrClN2O3S2/c18-13-1-5-15(6-2-13)26(23,24)21-11-9-20(10-12-21)17(22)8-4-14-3-7-16(19)25-14/h1-8H,9-12H2/b8-4+. The van der Waals surface area contributed by atoms with Gasteiger partial charge in [-0.2, -0.15) is 4.31 Å². The minimum atomic E-state index is -3.54. The molecule has 1 aliphatic rings. The van der Waals surface area contributed by atoms with Crippen LogP contribution in [-0.4, -0.2) is 49.7 Å². The highest BCUT2D eigenvalue weighted by atomic mass is 79.9. The second-order valence-electron chi connectivity index (χ2n) is 5.66. The Kier molecular flexibility index (Phi) is 6.19. The lowest BCUT2D eigenvalue weighted by Crippen LogP contribution is -2.50. The lowest BCUT2D eigenvalue weighted by atomic mass is 10.3. The number of amides is 1. The Labute approximate surface area is 170 Å². The molecule has 1 amide bonds. The molecule has 2 heterocycles. The number of benzene rings is 1. The summed E-state index contributed by atoms with van der Waals surface area (Å²) in [7, 11) is -3.54. The van der Waals surface area contributed by atoms with Gasteiger partial charge in [-0.15, -0.1) is 11.3 Å². The van der Waals surface area contributed by atoms with Crippen molar-refractivity contribution in [3.63, 3.8) is 0 Å². The van der Waals surface area contributed by atoms with E-state index in [-0.39, 0.29) is 23.9 Å². The molecule has 0 N–H and O–H groups in total. The molecular weight excluding hydrogens is 460 g/mol. The topological polar surface area (TPSA) is 57.7 Å². The predicted molar refractivity (Wildman–Crippen MR) is 108 cm³/mol. The number of piperazine rings is 1. The maximum atomic E-state index is 12.7. The van der Waals surface area contributed by atoms with Crippen LogP contribution < -0.4 is 0 Å². The van der Waals surface area contributed by atoms with Crippen molar-refractivity contribution in [2.75, 3.05) is 26.2 Å². The first-order valence-electron chi connectivity index (χ1n) is 7.84. The molecule has 0 atom stereocenters. The fourth-order valence-electron chi connectivity index (χ4n) is 2.58. The molecule has 138 valence electrons. The number of rotatable bonds is 4. The van der Waals surface area contributed by atoms with E-state index in [1.54, 1.807) is 41.3 Å². The van der Waals surface area contributed by atoms with Crippen LogP contribution in [0.4, 0.5) is 0 Å². The van der Waals surface area contributed by atoms with E-state index in [0.29, 0.717) is 17.4 Å². The summed E-state index contributed by atoms with van der Waals surface area (Å²) in [5, 5.41) is 0.